The molecule has 0 saturated carbocycles. The predicted molar refractivity (Wildman–Crippen MR) is 66.6 cm³/mol. The van der Waals surface area contributed by atoms with Crippen LogP contribution >= 0.6 is 0 Å². The molecule has 100 valence electrons. The molecule has 1 fully saturated rings. The molecule has 0 spiro atoms. The van der Waals surface area contributed by atoms with E-state index in [-0.39, 0.29) is 11.4 Å². The third-order valence-electron chi connectivity index (χ3n) is 3.85. The van der Waals surface area contributed by atoms with Crippen molar-refractivity contribution in [2.24, 2.45) is 5.41 Å². The van der Waals surface area contributed by atoms with Gasteiger partial charge in [-0.3, -0.25) is 4.79 Å². The van der Waals surface area contributed by atoms with Crippen LogP contribution < -0.4 is 0 Å². The maximum atomic E-state index is 11.8. The topological polar surface area (TPSA) is 35.5 Å². The SMILES string of the molecule is CCC(C)(C)C(=O)OCC[N+]1(C)CCOCC1. The number of carbonyl (C=O) groups excluding carboxylic acids is 1. The summed E-state index contributed by atoms with van der Waals surface area (Å²) in [5.74, 6) is -0.0835. The summed E-state index contributed by atoms with van der Waals surface area (Å²) in [5, 5.41) is 0. The summed E-state index contributed by atoms with van der Waals surface area (Å²) in [5.41, 5.74) is -0.358. The van der Waals surface area contributed by atoms with Gasteiger partial charge in [-0.1, -0.05) is 6.92 Å². The summed E-state index contributed by atoms with van der Waals surface area (Å²) in [6, 6.07) is 0. The number of hydrogen-bond acceptors (Lipinski definition) is 3. The second-order valence-corrected chi connectivity index (χ2v) is 5.78. The smallest absolute Gasteiger partial charge is 0.311 e. The minimum Gasteiger partial charge on any atom is -0.459 e. The van der Waals surface area contributed by atoms with Gasteiger partial charge in [0.2, 0.25) is 0 Å². The maximum absolute atomic E-state index is 11.8. The number of quaternary nitrogens is 1. The molecule has 0 aliphatic carbocycles. The Morgan fingerprint density at radius 1 is 1.35 bits per heavy atom. The maximum Gasteiger partial charge on any atom is 0.311 e. The van der Waals surface area contributed by atoms with E-state index in [1.165, 1.54) is 0 Å². The third-order valence-corrected chi connectivity index (χ3v) is 3.85. The van der Waals surface area contributed by atoms with Crippen molar-refractivity contribution in [2.75, 3.05) is 46.5 Å². The Kier molecular flexibility index (Phi) is 4.95. The van der Waals surface area contributed by atoms with E-state index in [0.29, 0.717) is 6.61 Å². The summed E-state index contributed by atoms with van der Waals surface area (Å²) in [4.78, 5) is 11.8. The first-order chi connectivity index (χ1) is 7.90. The quantitative estimate of drug-likeness (QED) is 0.542. The van der Waals surface area contributed by atoms with E-state index < -0.39 is 0 Å². The molecular formula is C13H26NO3+. The molecule has 0 bridgehead atoms. The normalized spacial score (nSPS) is 20.0. The Bertz CT molecular complexity index is 257. The minimum atomic E-state index is -0.358. The van der Waals surface area contributed by atoms with Crippen LogP contribution in [0.5, 0.6) is 0 Å². The molecule has 0 aromatic carbocycles. The van der Waals surface area contributed by atoms with Crippen molar-refractivity contribution in [3.8, 4) is 0 Å². The Morgan fingerprint density at radius 3 is 2.47 bits per heavy atom. The van der Waals surface area contributed by atoms with Crippen LogP contribution in [-0.4, -0.2) is 57.0 Å². The average molecular weight is 244 g/mol. The van der Waals surface area contributed by atoms with Crippen molar-refractivity contribution in [1.82, 2.24) is 0 Å². The van der Waals surface area contributed by atoms with Crippen molar-refractivity contribution >= 4 is 5.97 Å². The first-order valence-corrected chi connectivity index (χ1v) is 6.48. The monoisotopic (exact) mass is 244 g/mol. The lowest BCUT2D eigenvalue weighted by molar-refractivity contribution is -0.917. The predicted octanol–water partition coefficient (Wildman–Crippen LogP) is 1.44. The highest BCUT2D eigenvalue weighted by Crippen LogP contribution is 2.21. The highest BCUT2D eigenvalue weighted by atomic mass is 16.5. The van der Waals surface area contributed by atoms with E-state index in [1.54, 1.807) is 0 Å². The molecule has 0 amide bonds. The van der Waals surface area contributed by atoms with E-state index in [2.05, 4.69) is 7.05 Å². The van der Waals surface area contributed by atoms with Crippen molar-refractivity contribution in [3.63, 3.8) is 0 Å². The van der Waals surface area contributed by atoms with Gasteiger partial charge in [0.1, 0.15) is 26.2 Å². The van der Waals surface area contributed by atoms with Gasteiger partial charge in [-0.05, 0) is 20.3 Å². The van der Waals surface area contributed by atoms with Gasteiger partial charge < -0.3 is 14.0 Å². The van der Waals surface area contributed by atoms with Crippen LogP contribution in [0.3, 0.4) is 0 Å². The standard InChI is InChI=1S/C13H26NO3/c1-5-13(2,3)12(15)17-11-8-14(4)6-9-16-10-7-14/h5-11H2,1-4H3/q+1. The van der Waals surface area contributed by atoms with Gasteiger partial charge >= 0.3 is 5.97 Å². The van der Waals surface area contributed by atoms with Crippen LogP contribution in [0.25, 0.3) is 0 Å². The lowest BCUT2D eigenvalue weighted by atomic mass is 9.91. The molecule has 1 aliphatic rings. The fourth-order valence-electron chi connectivity index (χ4n) is 1.71. The molecular weight excluding hydrogens is 218 g/mol. The van der Waals surface area contributed by atoms with Gasteiger partial charge in [0, 0.05) is 0 Å². The van der Waals surface area contributed by atoms with E-state index in [1.807, 2.05) is 20.8 Å². The molecule has 1 saturated heterocycles. The van der Waals surface area contributed by atoms with Gasteiger partial charge in [-0.2, -0.15) is 0 Å². The lowest BCUT2D eigenvalue weighted by Crippen LogP contribution is -2.53. The highest BCUT2D eigenvalue weighted by molar-refractivity contribution is 5.75. The number of carbonyl (C=O) groups is 1. The fraction of sp³-hybridized carbons (Fsp3) is 0.923. The van der Waals surface area contributed by atoms with Gasteiger partial charge in [-0.25, -0.2) is 0 Å². The molecule has 4 nitrogen and oxygen atoms in total. The molecule has 0 N–H and O–H groups in total. The molecule has 4 heteroatoms. The first-order valence-electron chi connectivity index (χ1n) is 6.48. The van der Waals surface area contributed by atoms with Crippen molar-refractivity contribution in [3.05, 3.63) is 0 Å². The van der Waals surface area contributed by atoms with Gasteiger partial charge in [0.05, 0.1) is 25.7 Å². The van der Waals surface area contributed by atoms with E-state index in [0.717, 1.165) is 43.8 Å². The summed E-state index contributed by atoms with van der Waals surface area (Å²) in [6.45, 7) is 10.9. The molecule has 1 heterocycles. The number of likely N-dealkylation sites (N-methyl/N-ethyl adjacent to an activating group) is 1. The largest absolute Gasteiger partial charge is 0.459 e. The highest BCUT2D eigenvalue weighted by Gasteiger charge is 2.29. The second kappa shape index (κ2) is 5.83. The van der Waals surface area contributed by atoms with Crippen LogP contribution in [0.1, 0.15) is 27.2 Å². The number of esters is 1. The van der Waals surface area contributed by atoms with Crippen molar-refractivity contribution in [1.29, 1.82) is 0 Å². The lowest BCUT2D eigenvalue weighted by Gasteiger charge is -2.37. The van der Waals surface area contributed by atoms with Gasteiger partial charge in [0.25, 0.3) is 0 Å². The van der Waals surface area contributed by atoms with E-state index in [4.69, 9.17) is 9.47 Å². The first kappa shape index (κ1) is 14.5. The number of nitrogens with zero attached hydrogens (tertiary/aromatic N) is 1. The third kappa shape index (κ3) is 4.28. The zero-order valence-electron chi connectivity index (χ0n) is 11.6. The molecule has 1 rings (SSSR count). The Labute approximate surface area is 104 Å². The summed E-state index contributed by atoms with van der Waals surface area (Å²) < 4.78 is 11.7. The van der Waals surface area contributed by atoms with E-state index >= 15 is 0 Å². The molecule has 1 aliphatic heterocycles. The van der Waals surface area contributed by atoms with Crippen LogP contribution in [0.2, 0.25) is 0 Å². The number of morpholine rings is 1. The zero-order chi connectivity index (χ0) is 12.9. The summed E-state index contributed by atoms with van der Waals surface area (Å²) in [6.07, 6.45) is 0.811. The zero-order valence-corrected chi connectivity index (χ0v) is 11.6. The van der Waals surface area contributed by atoms with E-state index in [9.17, 15) is 4.79 Å². The minimum absolute atomic E-state index is 0.0835. The van der Waals surface area contributed by atoms with Gasteiger partial charge in [0.15, 0.2) is 0 Å². The van der Waals surface area contributed by atoms with Crippen LogP contribution in [0, 0.1) is 5.41 Å². The van der Waals surface area contributed by atoms with Crippen molar-refractivity contribution < 1.29 is 18.8 Å². The van der Waals surface area contributed by atoms with Gasteiger partial charge in [-0.15, -0.1) is 0 Å². The summed E-state index contributed by atoms with van der Waals surface area (Å²) >= 11 is 0. The molecule has 0 aromatic heterocycles. The molecule has 0 radical (unpaired) electrons. The molecule has 0 aromatic rings. The second-order valence-electron chi connectivity index (χ2n) is 5.78. The van der Waals surface area contributed by atoms with Crippen LogP contribution in [-0.2, 0) is 14.3 Å². The number of ether oxygens (including phenoxy) is 2. The average Bonchev–Trinajstić information content (AvgIpc) is 2.29. The van der Waals surface area contributed by atoms with Crippen LogP contribution in [0.4, 0.5) is 0 Å². The fourth-order valence-corrected chi connectivity index (χ4v) is 1.71. The summed E-state index contributed by atoms with van der Waals surface area (Å²) in [7, 11) is 2.20. The Balaban J connectivity index is 2.30. The molecule has 0 unspecified atom stereocenters. The van der Waals surface area contributed by atoms with Crippen LogP contribution in [0.15, 0.2) is 0 Å². The number of rotatable bonds is 5. The van der Waals surface area contributed by atoms with Crippen molar-refractivity contribution in [2.45, 2.75) is 27.2 Å². The Hall–Kier alpha value is -0.610. The molecule has 17 heavy (non-hydrogen) atoms. The Morgan fingerprint density at radius 2 is 1.94 bits per heavy atom. The molecule has 0 atom stereocenters. The number of hydrogen-bond donors (Lipinski definition) is 0.